The minimum atomic E-state index is -0.0459. The molecule has 0 saturated carbocycles. The second kappa shape index (κ2) is 6.61. The summed E-state index contributed by atoms with van der Waals surface area (Å²) in [5, 5.41) is 6.03. The maximum absolute atomic E-state index is 11.7. The average Bonchev–Trinajstić information content (AvgIpc) is 2.92. The van der Waals surface area contributed by atoms with E-state index in [0.717, 1.165) is 5.76 Å². The van der Waals surface area contributed by atoms with Crippen molar-refractivity contribution >= 4 is 5.91 Å². The van der Waals surface area contributed by atoms with E-state index in [0.29, 0.717) is 25.2 Å². The van der Waals surface area contributed by atoms with Gasteiger partial charge in [-0.25, -0.2) is 0 Å². The third-order valence-corrected chi connectivity index (χ3v) is 2.50. The van der Waals surface area contributed by atoms with Gasteiger partial charge in [0.1, 0.15) is 5.76 Å². The second-order valence-electron chi connectivity index (χ2n) is 3.88. The fourth-order valence-electron chi connectivity index (χ4n) is 1.58. The van der Waals surface area contributed by atoms with E-state index in [1.54, 1.807) is 18.4 Å². The van der Waals surface area contributed by atoms with Gasteiger partial charge in [-0.2, -0.15) is 0 Å². The SMILES string of the molecule is O=C(NCCNCc1ccco1)c1ccccc1. The van der Waals surface area contributed by atoms with Gasteiger partial charge in [0.05, 0.1) is 12.8 Å². The molecule has 0 radical (unpaired) electrons. The van der Waals surface area contributed by atoms with Gasteiger partial charge in [0.25, 0.3) is 5.91 Å². The lowest BCUT2D eigenvalue weighted by Crippen LogP contribution is -2.31. The molecule has 0 aliphatic rings. The zero-order valence-corrected chi connectivity index (χ0v) is 10.1. The Bertz CT molecular complexity index is 466. The van der Waals surface area contributed by atoms with Crippen LogP contribution >= 0.6 is 0 Å². The van der Waals surface area contributed by atoms with Crippen molar-refractivity contribution in [2.75, 3.05) is 13.1 Å². The fraction of sp³-hybridized carbons (Fsp3) is 0.214. The molecule has 0 unspecified atom stereocenters. The van der Waals surface area contributed by atoms with Crippen molar-refractivity contribution < 1.29 is 9.21 Å². The monoisotopic (exact) mass is 244 g/mol. The third-order valence-electron chi connectivity index (χ3n) is 2.50. The molecule has 2 N–H and O–H groups in total. The van der Waals surface area contributed by atoms with E-state index in [-0.39, 0.29) is 5.91 Å². The van der Waals surface area contributed by atoms with E-state index >= 15 is 0 Å². The van der Waals surface area contributed by atoms with Crippen molar-refractivity contribution in [1.82, 2.24) is 10.6 Å². The van der Waals surface area contributed by atoms with E-state index in [9.17, 15) is 4.79 Å². The number of nitrogens with one attached hydrogen (secondary N) is 2. The Morgan fingerprint density at radius 3 is 2.61 bits per heavy atom. The summed E-state index contributed by atoms with van der Waals surface area (Å²) in [6.45, 7) is 1.97. The first kappa shape index (κ1) is 12.4. The highest BCUT2D eigenvalue weighted by Crippen LogP contribution is 1.98. The minimum absolute atomic E-state index is 0.0459. The maximum Gasteiger partial charge on any atom is 0.251 e. The number of benzene rings is 1. The number of furan rings is 1. The summed E-state index contributed by atoms with van der Waals surface area (Å²) in [6.07, 6.45) is 1.65. The number of carbonyl (C=O) groups is 1. The average molecular weight is 244 g/mol. The lowest BCUT2D eigenvalue weighted by molar-refractivity contribution is 0.0954. The van der Waals surface area contributed by atoms with Crippen molar-refractivity contribution in [3.63, 3.8) is 0 Å². The first-order valence-corrected chi connectivity index (χ1v) is 5.92. The summed E-state index contributed by atoms with van der Waals surface area (Å²) in [6, 6.07) is 13.0. The van der Waals surface area contributed by atoms with Crippen LogP contribution in [0.3, 0.4) is 0 Å². The summed E-state index contributed by atoms with van der Waals surface area (Å²) in [5.74, 6) is 0.847. The number of hydrogen-bond acceptors (Lipinski definition) is 3. The number of rotatable bonds is 6. The van der Waals surface area contributed by atoms with Crippen molar-refractivity contribution in [1.29, 1.82) is 0 Å². The van der Waals surface area contributed by atoms with Gasteiger partial charge in [-0.3, -0.25) is 4.79 Å². The molecule has 1 heterocycles. The summed E-state index contributed by atoms with van der Waals surface area (Å²) >= 11 is 0. The Morgan fingerprint density at radius 2 is 1.89 bits per heavy atom. The van der Waals surface area contributed by atoms with Gasteiger partial charge in [-0.15, -0.1) is 0 Å². The smallest absolute Gasteiger partial charge is 0.251 e. The van der Waals surface area contributed by atoms with E-state index in [2.05, 4.69) is 10.6 Å². The molecule has 0 bridgehead atoms. The first-order chi connectivity index (χ1) is 8.86. The van der Waals surface area contributed by atoms with Gasteiger partial charge in [0.2, 0.25) is 0 Å². The molecule has 0 atom stereocenters. The molecule has 18 heavy (non-hydrogen) atoms. The van der Waals surface area contributed by atoms with Crippen molar-refractivity contribution in [2.45, 2.75) is 6.54 Å². The van der Waals surface area contributed by atoms with E-state index in [4.69, 9.17) is 4.42 Å². The Hall–Kier alpha value is -2.07. The maximum atomic E-state index is 11.7. The molecule has 0 aliphatic heterocycles. The molecule has 1 aromatic heterocycles. The largest absolute Gasteiger partial charge is 0.468 e. The summed E-state index contributed by atoms with van der Waals surface area (Å²) in [7, 11) is 0. The van der Waals surface area contributed by atoms with Crippen LogP contribution < -0.4 is 10.6 Å². The molecule has 94 valence electrons. The quantitative estimate of drug-likeness (QED) is 0.762. The molecule has 1 amide bonds. The van der Waals surface area contributed by atoms with Gasteiger partial charge >= 0.3 is 0 Å². The van der Waals surface area contributed by atoms with Crippen LogP contribution in [0.25, 0.3) is 0 Å². The van der Waals surface area contributed by atoms with Crippen molar-refractivity contribution in [3.8, 4) is 0 Å². The molecular formula is C14H16N2O2. The number of hydrogen-bond donors (Lipinski definition) is 2. The van der Waals surface area contributed by atoms with Crippen LogP contribution in [0.1, 0.15) is 16.1 Å². The van der Waals surface area contributed by atoms with Crippen LogP contribution in [0.15, 0.2) is 53.1 Å². The standard InChI is InChI=1S/C14H16N2O2/c17-14(12-5-2-1-3-6-12)16-9-8-15-11-13-7-4-10-18-13/h1-7,10,15H,8-9,11H2,(H,16,17). The summed E-state index contributed by atoms with van der Waals surface area (Å²) in [4.78, 5) is 11.7. The highest BCUT2D eigenvalue weighted by Gasteiger charge is 2.02. The molecule has 1 aromatic carbocycles. The Kier molecular flexibility index (Phi) is 4.55. The van der Waals surface area contributed by atoms with Crippen LogP contribution in [-0.2, 0) is 6.54 Å². The normalized spacial score (nSPS) is 10.2. The minimum Gasteiger partial charge on any atom is -0.468 e. The molecule has 4 heteroatoms. The van der Waals surface area contributed by atoms with E-state index in [1.807, 2.05) is 30.3 Å². The first-order valence-electron chi connectivity index (χ1n) is 5.92. The third kappa shape index (κ3) is 3.75. The van der Waals surface area contributed by atoms with Crippen LogP contribution in [0.4, 0.5) is 0 Å². The molecule has 0 fully saturated rings. The Morgan fingerprint density at radius 1 is 1.06 bits per heavy atom. The van der Waals surface area contributed by atoms with Gasteiger partial charge < -0.3 is 15.1 Å². The summed E-state index contributed by atoms with van der Waals surface area (Å²) < 4.78 is 5.18. The van der Waals surface area contributed by atoms with Crippen molar-refractivity contribution in [3.05, 3.63) is 60.1 Å². The molecule has 2 rings (SSSR count). The number of carbonyl (C=O) groups excluding carboxylic acids is 1. The lowest BCUT2D eigenvalue weighted by atomic mass is 10.2. The molecule has 0 saturated heterocycles. The highest BCUT2D eigenvalue weighted by atomic mass is 16.3. The Labute approximate surface area is 106 Å². The highest BCUT2D eigenvalue weighted by molar-refractivity contribution is 5.94. The molecule has 4 nitrogen and oxygen atoms in total. The summed E-state index contributed by atoms with van der Waals surface area (Å²) in [5.41, 5.74) is 0.684. The van der Waals surface area contributed by atoms with Gasteiger partial charge in [0, 0.05) is 18.7 Å². The van der Waals surface area contributed by atoms with E-state index < -0.39 is 0 Å². The van der Waals surface area contributed by atoms with Crippen LogP contribution in [0.2, 0.25) is 0 Å². The van der Waals surface area contributed by atoms with Gasteiger partial charge in [-0.1, -0.05) is 18.2 Å². The van der Waals surface area contributed by atoms with Crippen LogP contribution in [-0.4, -0.2) is 19.0 Å². The fourth-order valence-corrected chi connectivity index (χ4v) is 1.58. The molecule has 2 aromatic rings. The molecular weight excluding hydrogens is 228 g/mol. The van der Waals surface area contributed by atoms with Gasteiger partial charge in [0.15, 0.2) is 0 Å². The Balaban J connectivity index is 1.62. The topological polar surface area (TPSA) is 54.3 Å². The van der Waals surface area contributed by atoms with Crippen LogP contribution in [0.5, 0.6) is 0 Å². The zero-order chi connectivity index (χ0) is 12.6. The molecule has 0 aliphatic carbocycles. The predicted molar refractivity (Wildman–Crippen MR) is 69.2 cm³/mol. The number of amides is 1. The zero-order valence-electron chi connectivity index (χ0n) is 10.1. The van der Waals surface area contributed by atoms with E-state index in [1.165, 1.54) is 0 Å². The van der Waals surface area contributed by atoms with Crippen molar-refractivity contribution in [2.24, 2.45) is 0 Å². The lowest BCUT2D eigenvalue weighted by Gasteiger charge is -2.05. The second-order valence-corrected chi connectivity index (χ2v) is 3.88. The van der Waals surface area contributed by atoms with Gasteiger partial charge in [-0.05, 0) is 24.3 Å². The van der Waals surface area contributed by atoms with Crippen LogP contribution in [0, 0.1) is 0 Å². The molecule has 0 spiro atoms. The predicted octanol–water partition coefficient (Wildman–Crippen LogP) is 1.80.